The average molecular weight is 582 g/mol. The third-order valence-electron chi connectivity index (χ3n) is 4.93. The lowest BCUT2D eigenvalue weighted by Crippen LogP contribution is -2.07. The molecule has 0 radical (unpaired) electrons. The highest BCUT2D eigenvalue weighted by Gasteiger charge is 2.24. The Bertz CT molecular complexity index is 1320. The molecular formula is C27H23IN2O5. The molecule has 0 saturated heterocycles. The number of hydrogen-bond acceptors (Lipinski definition) is 6. The van der Waals surface area contributed by atoms with Crippen LogP contribution in [-0.4, -0.2) is 24.4 Å². The lowest BCUT2D eigenvalue weighted by atomic mass is 10.1. The fourth-order valence-electron chi connectivity index (χ4n) is 3.38. The molecule has 1 aliphatic heterocycles. The number of anilines is 1. The number of aliphatic imine (C=N–C) groups is 1. The molecule has 0 atom stereocenters. The Morgan fingerprint density at radius 2 is 1.86 bits per heavy atom. The van der Waals surface area contributed by atoms with E-state index in [1.165, 1.54) is 6.92 Å². The largest absolute Gasteiger partial charge is 0.490 e. The summed E-state index contributed by atoms with van der Waals surface area (Å²) >= 11 is 2.27. The number of halogens is 1. The number of ether oxygens (including phenoxy) is 3. The normalized spacial score (nSPS) is 13.9. The van der Waals surface area contributed by atoms with Crippen molar-refractivity contribution in [2.75, 3.05) is 11.9 Å². The first-order chi connectivity index (χ1) is 16.9. The van der Waals surface area contributed by atoms with E-state index in [4.69, 9.17) is 14.2 Å². The van der Waals surface area contributed by atoms with Gasteiger partial charge in [0.15, 0.2) is 17.2 Å². The lowest BCUT2D eigenvalue weighted by Gasteiger charge is -2.13. The molecule has 7 nitrogen and oxygen atoms in total. The number of nitrogens with zero attached hydrogens (tertiary/aromatic N) is 1. The second-order valence-electron chi connectivity index (χ2n) is 7.65. The maximum absolute atomic E-state index is 12.4. The summed E-state index contributed by atoms with van der Waals surface area (Å²) < 4.78 is 18.3. The number of hydrogen-bond donors (Lipinski definition) is 1. The van der Waals surface area contributed by atoms with Crippen LogP contribution in [0.5, 0.6) is 11.5 Å². The first-order valence-corrected chi connectivity index (χ1v) is 12.0. The van der Waals surface area contributed by atoms with Crippen LogP contribution in [0.2, 0.25) is 0 Å². The van der Waals surface area contributed by atoms with Crippen LogP contribution in [0, 0.1) is 3.57 Å². The number of cyclic esters (lactones) is 1. The van der Waals surface area contributed by atoms with Gasteiger partial charge in [-0.3, -0.25) is 4.79 Å². The molecule has 1 heterocycles. The van der Waals surface area contributed by atoms with Gasteiger partial charge in [-0.05, 0) is 95.2 Å². The number of esters is 1. The second kappa shape index (κ2) is 11.2. The molecule has 1 aliphatic rings. The van der Waals surface area contributed by atoms with E-state index in [0.717, 1.165) is 14.7 Å². The van der Waals surface area contributed by atoms with Crippen LogP contribution in [0.3, 0.4) is 0 Å². The van der Waals surface area contributed by atoms with Gasteiger partial charge in [-0.2, -0.15) is 0 Å². The number of carbonyl (C=O) groups is 2. The van der Waals surface area contributed by atoms with Crippen LogP contribution in [0.15, 0.2) is 77.4 Å². The number of benzene rings is 3. The van der Waals surface area contributed by atoms with Crippen molar-refractivity contribution in [3.05, 3.63) is 92.7 Å². The first-order valence-electron chi connectivity index (χ1n) is 11.0. The van der Waals surface area contributed by atoms with Gasteiger partial charge in [-0.1, -0.05) is 18.2 Å². The van der Waals surface area contributed by atoms with Gasteiger partial charge in [0.2, 0.25) is 11.8 Å². The van der Waals surface area contributed by atoms with Crippen LogP contribution in [-0.2, 0) is 20.9 Å². The molecule has 0 bridgehead atoms. The smallest absolute Gasteiger partial charge is 0.363 e. The van der Waals surface area contributed by atoms with Crippen molar-refractivity contribution in [1.29, 1.82) is 0 Å². The van der Waals surface area contributed by atoms with Gasteiger partial charge in [-0.25, -0.2) is 9.79 Å². The van der Waals surface area contributed by atoms with E-state index in [-0.39, 0.29) is 17.5 Å². The van der Waals surface area contributed by atoms with Gasteiger partial charge in [-0.15, -0.1) is 0 Å². The molecule has 3 aromatic carbocycles. The molecule has 0 spiro atoms. The van der Waals surface area contributed by atoms with Crippen molar-refractivity contribution < 1.29 is 23.8 Å². The summed E-state index contributed by atoms with van der Waals surface area (Å²) in [4.78, 5) is 28.0. The van der Waals surface area contributed by atoms with E-state index in [1.54, 1.807) is 30.3 Å². The monoisotopic (exact) mass is 582 g/mol. The van der Waals surface area contributed by atoms with Crippen molar-refractivity contribution in [2.24, 2.45) is 4.99 Å². The quantitative estimate of drug-likeness (QED) is 0.213. The first kappa shape index (κ1) is 24.5. The summed E-state index contributed by atoms with van der Waals surface area (Å²) in [6, 6.07) is 20.5. The zero-order valence-corrected chi connectivity index (χ0v) is 21.4. The van der Waals surface area contributed by atoms with Gasteiger partial charge >= 0.3 is 5.97 Å². The molecule has 1 N–H and O–H groups in total. The van der Waals surface area contributed by atoms with Crippen LogP contribution in [0.1, 0.15) is 30.5 Å². The minimum absolute atomic E-state index is 0.162. The zero-order valence-electron chi connectivity index (χ0n) is 19.2. The maximum atomic E-state index is 12.4. The molecule has 178 valence electrons. The standard InChI is InChI=1S/C27H23IN2O5/c1-3-33-25-15-18(7-12-24(25)34-16-19-5-4-6-21(28)13-19)14-23-27(32)35-26(30-23)20-8-10-22(11-9-20)29-17(2)31/h4-15H,3,16H2,1-2H3,(H,29,31)/b23-14-. The molecule has 0 unspecified atom stereocenters. The Labute approximate surface area is 217 Å². The highest BCUT2D eigenvalue weighted by molar-refractivity contribution is 14.1. The molecule has 4 rings (SSSR count). The van der Waals surface area contributed by atoms with E-state index in [9.17, 15) is 9.59 Å². The molecule has 8 heteroatoms. The summed E-state index contributed by atoms with van der Waals surface area (Å²) in [5.74, 6) is 0.702. The molecule has 3 aromatic rings. The highest BCUT2D eigenvalue weighted by Crippen LogP contribution is 2.31. The second-order valence-corrected chi connectivity index (χ2v) is 8.90. The summed E-state index contributed by atoms with van der Waals surface area (Å²) in [6.07, 6.45) is 1.65. The van der Waals surface area contributed by atoms with Gasteiger partial charge < -0.3 is 19.5 Å². The van der Waals surface area contributed by atoms with Crippen molar-refractivity contribution in [3.63, 3.8) is 0 Å². The van der Waals surface area contributed by atoms with E-state index < -0.39 is 5.97 Å². The number of carbonyl (C=O) groups excluding carboxylic acids is 2. The molecule has 1 amide bonds. The predicted molar refractivity (Wildman–Crippen MR) is 142 cm³/mol. The van der Waals surface area contributed by atoms with Gasteiger partial charge in [0.25, 0.3) is 0 Å². The average Bonchev–Trinajstić information content (AvgIpc) is 3.19. The van der Waals surface area contributed by atoms with E-state index in [2.05, 4.69) is 39.0 Å². The van der Waals surface area contributed by atoms with E-state index in [1.807, 2.05) is 43.3 Å². The Morgan fingerprint density at radius 3 is 2.57 bits per heavy atom. The third-order valence-corrected chi connectivity index (χ3v) is 5.60. The molecule has 0 aliphatic carbocycles. The fraction of sp³-hybridized carbons (Fsp3) is 0.148. The summed E-state index contributed by atoms with van der Waals surface area (Å²) in [5.41, 5.74) is 3.25. The molecule has 0 aromatic heterocycles. The molecule has 0 fully saturated rings. The van der Waals surface area contributed by atoms with E-state index >= 15 is 0 Å². The lowest BCUT2D eigenvalue weighted by molar-refractivity contribution is -0.129. The van der Waals surface area contributed by atoms with Crippen molar-refractivity contribution in [1.82, 2.24) is 0 Å². The SMILES string of the molecule is CCOc1cc(/C=C2\N=C(c3ccc(NC(C)=O)cc3)OC2=O)ccc1OCc1cccc(I)c1. The topological polar surface area (TPSA) is 86.2 Å². The Kier molecular flexibility index (Phi) is 7.81. The Balaban J connectivity index is 1.52. The van der Waals surface area contributed by atoms with Crippen molar-refractivity contribution in [3.8, 4) is 11.5 Å². The zero-order chi connectivity index (χ0) is 24.8. The Hall–Kier alpha value is -3.66. The summed E-state index contributed by atoms with van der Waals surface area (Å²) in [6.45, 7) is 4.22. The minimum atomic E-state index is -0.539. The van der Waals surface area contributed by atoms with Crippen molar-refractivity contribution >= 4 is 52.1 Å². The van der Waals surface area contributed by atoms with E-state index in [0.29, 0.717) is 36.0 Å². The van der Waals surface area contributed by atoms with Crippen LogP contribution in [0.4, 0.5) is 5.69 Å². The predicted octanol–water partition coefficient (Wildman–Crippen LogP) is 5.57. The third kappa shape index (κ3) is 6.48. The van der Waals surface area contributed by atoms with Crippen LogP contribution in [0.25, 0.3) is 6.08 Å². The molecule has 0 saturated carbocycles. The summed E-state index contributed by atoms with van der Waals surface area (Å²) in [7, 11) is 0. The molecular weight excluding hydrogens is 559 g/mol. The summed E-state index contributed by atoms with van der Waals surface area (Å²) in [5, 5.41) is 2.69. The van der Waals surface area contributed by atoms with Gasteiger partial charge in [0, 0.05) is 21.7 Å². The number of rotatable bonds is 8. The minimum Gasteiger partial charge on any atom is -0.490 e. The van der Waals surface area contributed by atoms with Gasteiger partial charge in [0.1, 0.15) is 6.61 Å². The van der Waals surface area contributed by atoms with Gasteiger partial charge in [0.05, 0.1) is 6.61 Å². The fourth-order valence-corrected chi connectivity index (χ4v) is 3.99. The van der Waals surface area contributed by atoms with Crippen LogP contribution < -0.4 is 14.8 Å². The maximum Gasteiger partial charge on any atom is 0.363 e. The van der Waals surface area contributed by atoms with Crippen molar-refractivity contribution in [2.45, 2.75) is 20.5 Å². The number of nitrogens with one attached hydrogen (secondary N) is 1. The number of amides is 1. The Morgan fingerprint density at radius 1 is 1.06 bits per heavy atom. The highest BCUT2D eigenvalue weighted by atomic mass is 127. The molecule has 35 heavy (non-hydrogen) atoms. The van der Waals surface area contributed by atoms with Crippen LogP contribution >= 0.6 is 22.6 Å².